The predicted molar refractivity (Wildman–Crippen MR) is 49.6 cm³/mol. The van der Waals surface area contributed by atoms with Gasteiger partial charge in [-0.3, -0.25) is 0 Å². The van der Waals surface area contributed by atoms with E-state index in [1.54, 1.807) is 6.20 Å². The molecule has 73 valence electrons. The summed E-state index contributed by atoms with van der Waals surface area (Å²) in [6, 6.07) is 0. The van der Waals surface area contributed by atoms with Crippen LogP contribution in [0.15, 0.2) is 21.3 Å². The van der Waals surface area contributed by atoms with E-state index >= 15 is 0 Å². The standard InChI is InChI=1S/C10H11N2O2/c1-6(9-11-4-5-13-9)10-12-7(2)8(3)14-10/h4-5H,1-3H3. The Balaban J connectivity index is 2.32. The quantitative estimate of drug-likeness (QED) is 0.730. The maximum Gasteiger partial charge on any atom is 0.211 e. The Kier molecular flexibility index (Phi) is 2.11. The van der Waals surface area contributed by atoms with Gasteiger partial charge in [0, 0.05) is 0 Å². The van der Waals surface area contributed by atoms with E-state index in [9.17, 15) is 0 Å². The van der Waals surface area contributed by atoms with Crippen molar-refractivity contribution in [2.75, 3.05) is 0 Å². The van der Waals surface area contributed by atoms with Gasteiger partial charge in [0.1, 0.15) is 17.9 Å². The van der Waals surface area contributed by atoms with Gasteiger partial charge in [-0.1, -0.05) is 0 Å². The molecule has 0 aliphatic rings. The van der Waals surface area contributed by atoms with E-state index in [1.165, 1.54) is 6.26 Å². The molecule has 0 aliphatic carbocycles. The molecule has 2 aromatic heterocycles. The van der Waals surface area contributed by atoms with Gasteiger partial charge < -0.3 is 8.83 Å². The zero-order valence-electron chi connectivity index (χ0n) is 8.37. The second-order valence-electron chi connectivity index (χ2n) is 3.12. The van der Waals surface area contributed by atoms with Gasteiger partial charge >= 0.3 is 0 Å². The monoisotopic (exact) mass is 191 g/mol. The van der Waals surface area contributed by atoms with Crippen LogP contribution in [-0.4, -0.2) is 9.97 Å². The molecule has 0 aliphatic heterocycles. The van der Waals surface area contributed by atoms with Crippen molar-refractivity contribution in [1.29, 1.82) is 0 Å². The molecule has 14 heavy (non-hydrogen) atoms. The highest BCUT2D eigenvalue weighted by atomic mass is 16.4. The Morgan fingerprint density at radius 3 is 2.57 bits per heavy atom. The van der Waals surface area contributed by atoms with Crippen molar-refractivity contribution in [3.8, 4) is 0 Å². The number of nitrogens with zero attached hydrogens (tertiary/aromatic N) is 2. The molecule has 4 nitrogen and oxygen atoms in total. The molecule has 0 fully saturated rings. The van der Waals surface area contributed by atoms with E-state index in [-0.39, 0.29) is 0 Å². The van der Waals surface area contributed by atoms with Crippen LogP contribution in [0.3, 0.4) is 0 Å². The molecule has 0 N–H and O–H groups in total. The first-order valence-corrected chi connectivity index (χ1v) is 4.36. The van der Waals surface area contributed by atoms with E-state index < -0.39 is 0 Å². The minimum Gasteiger partial charge on any atom is -0.448 e. The molecule has 0 unspecified atom stereocenters. The molecule has 0 saturated carbocycles. The van der Waals surface area contributed by atoms with E-state index in [1.807, 2.05) is 20.8 Å². The van der Waals surface area contributed by atoms with Gasteiger partial charge in [0.15, 0.2) is 0 Å². The number of hydrogen-bond acceptors (Lipinski definition) is 4. The average Bonchev–Trinajstić information content (AvgIpc) is 2.76. The predicted octanol–water partition coefficient (Wildman–Crippen LogP) is 2.27. The van der Waals surface area contributed by atoms with E-state index in [0.717, 1.165) is 17.4 Å². The van der Waals surface area contributed by atoms with Gasteiger partial charge in [0.25, 0.3) is 0 Å². The van der Waals surface area contributed by atoms with Gasteiger partial charge in [-0.05, 0) is 20.8 Å². The van der Waals surface area contributed by atoms with Crippen molar-refractivity contribution in [3.05, 3.63) is 41.6 Å². The largest absolute Gasteiger partial charge is 0.448 e. The SMILES string of the molecule is C[C](c1ncco1)c1nc(C)c(C)o1. The molecular formula is C10H11N2O2. The fourth-order valence-electron chi connectivity index (χ4n) is 1.13. The minimum absolute atomic E-state index is 0.547. The highest BCUT2D eigenvalue weighted by molar-refractivity contribution is 5.25. The number of aromatic nitrogens is 2. The van der Waals surface area contributed by atoms with Crippen molar-refractivity contribution >= 4 is 0 Å². The lowest BCUT2D eigenvalue weighted by atomic mass is 10.2. The second kappa shape index (κ2) is 3.29. The number of oxazole rings is 2. The first-order chi connectivity index (χ1) is 6.68. The maximum atomic E-state index is 5.45. The Morgan fingerprint density at radius 1 is 1.29 bits per heavy atom. The first-order valence-electron chi connectivity index (χ1n) is 4.36. The third-order valence-corrected chi connectivity index (χ3v) is 2.10. The summed E-state index contributed by atoms with van der Waals surface area (Å²) >= 11 is 0. The highest BCUT2D eigenvalue weighted by Crippen LogP contribution is 2.22. The molecule has 0 aromatic carbocycles. The van der Waals surface area contributed by atoms with Crippen LogP contribution in [0, 0.1) is 19.8 Å². The van der Waals surface area contributed by atoms with Crippen LogP contribution in [0.2, 0.25) is 0 Å². The normalized spacial score (nSPS) is 11.1. The number of aryl methyl sites for hydroxylation is 2. The van der Waals surface area contributed by atoms with Crippen LogP contribution in [0.1, 0.15) is 30.2 Å². The lowest BCUT2D eigenvalue weighted by Crippen LogP contribution is -1.97. The molecule has 4 heteroatoms. The van der Waals surface area contributed by atoms with Crippen molar-refractivity contribution in [1.82, 2.24) is 9.97 Å². The van der Waals surface area contributed by atoms with Gasteiger partial charge in [0.05, 0.1) is 11.9 Å². The fourth-order valence-corrected chi connectivity index (χ4v) is 1.13. The first kappa shape index (κ1) is 8.99. The molecule has 2 heterocycles. The summed E-state index contributed by atoms with van der Waals surface area (Å²) < 4.78 is 10.6. The van der Waals surface area contributed by atoms with Gasteiger partial charge in [-0.2, -0.15) is 0 Å². The number of hydrogen-bond donors (Lipinski definition) is 0. The van der Waals surface area contributed by atoms with Crippen LogP contribution in [0.25, 0.3) is 0 Å². The molecule has 0 bridgehead atoms. The minimum atomic E-state index is 0.547. The fraction of sp³-hybridized carbons (Fsp3) is 0.300. The Bertz CT molecular complexity index is 398. The lowest BCUT2D eigenvalue weighted by molar-refractivity contribution is 0.459. The van der Waals surface area contributed by atoms with Crippen LogP contribution in [0.4, 0.5) is 0 Å². The summed E-state index contributed by atoms with van der Waals surface area (Å²) in [5, 5.41) is 0. The summed E-state index contributed by atoms with van der Waals surface area (Å²) in [7, 11) is 0. The average molecular weight is 191 g/mol. The third kappa shape index (κ3) is 1.43. The smallest absolute Gasteiger partial charge is 0.211 e. The summed E-state index contributed by atoms with van der Waals surface area (Å²) in [6.07, 6.45) is 3.13. The zero-order chi connectivity index (χ0) is 10.1. The second-order valence-corrected chi connectivity index (χ2v) is 3.12. The molecule has 1 radical (unpaired) electrons. The highest BCUT2D eigenvalue weighted by Gasteiger charge is 2.20. The molecule has 2 aromatic rings. The molecule has 0 amide bonds. The molecule has 2 rings (SSSR count). The van der Waals surface area contributed by atoms with Crippen LogP contribution >= 0.6 is 0 Å². The van der Waals surface area contributed by atoms with E-state index in [2.05, 4.69) is 9.97 Å². The Morgan fingerprint density at radius 2 is 2.07 bits per heavy atom. The summed E-state index contributed by atoms with van der Waals surface area (Å²) in [5.74, 6) is 2.76. The molecular weight excluding hydrogens is 180 g/mol. The molecule has 0 saturated heterocycles. The summed E-state index contributed by atoms with van der Waals surface area (Å²) in [4.78, 5) is 8.29. The Labute approximate surface area is 82.0 Å². The lowest BCUT2D eigenvalue weighted by Gasteiger charge is -1.99. The molecule has 0 atom stereocenters. The van der Waals surface area contributed by atoms with Crippen LogP contribution in [0.5, 0.6) is 0 Å². The van der Waals surface area contributed by atoms with Crippen LogP contribution in [-0.2, 0) is 0 Å². The topological polar surface area (TPSA) is 52.1 Å². The summed E-state index contributed by atoms with van der Waals surface area (Å²) in [6.45, 7) is 5.66. The van der Waals surface area contributed by atoms with Gasteiger partial charge in [0.2, 0.25) is 11.8 Å². The van der Waals surface area contributed by atoms with E-state index in [0.29, 0.717) is 11.8 Å². The van der Waals surface area contributed by atoms with Crippen LogP contribution < -0.4 is 0 Å². The number of rotatable bonds is 2. The van der Waals surface area contributed by atoms with Crippen molar-refractivity contribution < 1.29 is 8.83 Å². The van der Waals surface area contributed by atoms with Gasteiger partial charge in [-0.25, -0.2) is 9.97 Å². The van der Waals surface area contributed by atoms with Crippen molar-refractivity contribution in [2.24, 2.45) is 0 Å². The molecule has 0 spiro atoms. The van der Waals surface area contributed by atoms with Crippen molar-refractivity contribution in [3.63, 3.8) is 0 Å². The Hall–Kier alpha value is -1.58. The van der Waals surface area contributed by atoms with Crippen molar-refractivity contribution in [2.45, 2.75) is 20.8 Å². The third-order valence-electron chi connectivity index (χ3n) is 2.10. The van der Waals surface area contributed by atoms with E-state index in [4.69, 9.17) is 8.83 Å². The maximum absolute atomic E-state index is 5.45. The van der Waals surface area contributed by atoms with Gasteiger partial charge in [-0.15, -0.1) is 0 Å². The zero-order valence-corrected chi connectivity index (χ0v) is 8.37. The summed E-state index contributed by atoms with van der Waals surface area (Å²) in [5.41, 5.74) is 0.894.